The molecule has 6 heteroatoms. The first-order valence-electron chi connectivity index (χ1n) is 10.5. The highest BCUT2D eigenvalue weighted by Gasteiger charge is 2.14. The Balaban J connectivity index is 1.44. The van der Waals surface area contributed by atoms with Gasteiger partial charge in [-0.05, 0) is 54.3 Å². The first kappa shape index (κ1) is 20.3. The van der Waals surface area contributed by atoms with Gasteiger partial charge in [0.05, 0.1) is 11.3 Å². The average Bonchev–Trinajstić information content (AvgIpc) is 2.86. The zero-order valence-corrected chi connectivity index (χ0v) is 17.9. The molecule has 0 radical (unpaired) electrons. The molecule has 5 aromatic rings. The molecule has 0 unspecified atom stereocenters. The Hall–Kier alpha value is -4.58. The third kappa shape index (κ3) is 4.27. The lowest BCUT2D eigenvalue weighted by Crippen LogP contribution is -2.12. The fourth-order valence-electron chi connectivity index (χ4n) is 3.60. The lowest BCUT2D eigenvalue weighted by Gasteiger charge is -2.13. The molecular weight excluding hydrogens is 412 g/mol. The highest BCUT2D eigenvalue weighted by molar-refractivity contribution is 6.09. The molecule has 6 nitrogen and oxygen atoms in total. The molecule has 0 atom stereocenters. The van der Waals surface area contributed by atoms with Crippen LogP contribution in [0.25, 0.3) is 22.0 Å². The number of hydrogen-bond donors (Lipinski definition) is 1. The van der Waals surface area contributed by atoms with Crippen molar-refractivity contribution in [1.29, 1.82) is 0 Å². The third-order valence-electron chi connectivity index (χ3n) is 5.32. The highest BCUT2D eigenvalue weighted by atomic mass is 16.5. The van der Waals surface area contributed by atoms with Crippen LogP contribution in [0.2, 0.25) is 0 Å². The summed E-state index contributed by atoms with van der Waals surface area (Å²) in [6, 6.07) is 24.7. The molecule has 3 aromatic carbocycles. The molecule has 2 aromatic heterocycles. The molecule has 1 amide bonds. The van der Waals surface area contributed by atoms with E-state index in [-0.39, 0.29) is 5.91 Å². The van der Waals surface area contributed by atoms with E-state index in [9.17, 15) is 4.79 Å². The molecule has 160 valence electrons. The normalized spacial score (nSPS) is 10.7. The molecule has 0 saturated heterocycles. The minimum Gasteiger partial charge on any atom is -0.438 e. The summed E-state index contributed by atoms with van der Waals surface area (Å²) >= 11 is 0. The van der Waals surface area contributed by atoms with E-state index in [0.29, 0.717) is 22.9 Å². The number of anilines is 1. The van der Waals surface area contributed by atoms with Crippen LogP contribution in [-0.4, -0.2) is 20.9 Å². The quantitative estimate of drug-likeness (QED) is 0.366. The van der Waals surface area contributed by atoms with Crippen LogP contribution in [0.3, 0.4) is 0 Å². The number of nitrogens with one attached hydrogen (secondary N) is 1. The predicted molar refractivity (Wildman–Crippen MR) is 128 cm³/mol. The van der Waals surface area contributed by atoms with Gasteiger partial charge in [0.15, 0.2) is 0 Å². The fraction of sp³-hybridized carbons (Fsp3) is 0.0370. The van der Waals surface area contributed by atoms with Gasteiger partial charge in [-0.3, -0.25) is 4.79 Å². The molecule has 33 heavy (non-hydrogen) atoms. The smallest absolute Gasteiger partial charge is 0.255 e. The van der Waals surface area contributed by atoms with Crippen LogP contribution in [0.1, 0.15) is 15.9 Å². The number of aromatic nitrogens is 3. The van der Waals surface area contributed by atoms with Crippen LogP contribution < -0.4 is 10.1 Å². The van der Waals surface area contributed by atoms with Crippen LogP contribution >= 0.6 is 0 Å². The molecule has 0 bridgehead atoms. The zero-order chi connectivity index (χ0) is 22.6. The van der Waals surface area contributed by atoms with E-state index in [1.807, 2.05) is 67.6 Å². The summed E-state index contributed by atoms with van der Waals surface area (Å²) in [5.74, 6) is 0.744. The lowest BCUT2D eigenvalue weighted by molar-refractivity contribution is 0.102. The highest BCUT2D eigenvalue weighted by Crippen LogP contribution is 2.32. The van der Waals surface area contributed by atoms with Crippen molar-refractivity contribution in [3.05, 3.63) is 109 Å². The second-order valence-corrected chi connectivity index (χ2v) is 7.51. The van der Waals surface area contributed by atoms with Gasteiger partial charge < -0.3 is 10.1 Å². The van der Waals surface area contributed by atoms with Crippen LogP contribution in [0.4, 0.5) is 5.69 Å². The zero-order valence-electron chi connectivity index (χ0n) is 17.9. The van der Waals surface area contributed by atoms with Crippen LogP contribution in [-0.2, 0) is 0 Å². The van der Waals surface area contributed by atoms with E-state index in [1.54, 1.807) is 30.6 Å². The molecule has 0 saturated carbocycles. The number of fused-ring (bicyclic) bond motifs is 1. The van der Waals surface area contributed by atoms with Gasteiger partial charge in [-0.1, -0.05) is 42.5 Å². The van der Waals surface area contributed by atoms with Crippen molar-refractivity contribution in [2.75, 3.05) is 5.32 Å². The van der Waals surface area contributed by atoms with E-state index in [1.165, 1.54) is 6.33 Å². The first-order valence-corrected chi connectivity index (χ1v) is 10.5. The largest absolute Gasteiger partial charge is 0.438 e. The van der Waals surface area contributed by atoms with Gasteiger partial charge >= 0.3 is 0 Å². The van der Waals surface area contributed by atoms with Crippen molar-refractivity contribution in [2.24, 2.45) is 0 Å². The van der Waals surface area contributed by atoms with Gasteiger partial charge in [0, 0.05) is 29.0 Å². The van der Waals surface area contributed by atoms with E-state index < -0.39 is 0 Å². The van der Waals surface area contributed by atoms with E-state index in [0.717, 1.165) is 27.6 Å². The number of amides is 1. The second kappa shape index (κ2) is 8.88. The molecule has 2 heterocycles. The van der Waals surface area contributed by atoms with Crippen molar-refractivity contribution in [2.45, 2.75) is 6.92 Å². The van der Waals surface area contributed by atoms with Gasteiger partial charge in [0.1, 0.15) is 12.1 Å². The van der Waals surface area contributed by atoms with Gasteiger partial charge in [0.25, 0.3) is 5.91 Å². The number of rotatable bonds is 5. The Labute approximate surface area is 190 Å². The summed E-state index contributed by atoms with van der Waals surface area (Å²) < 4.78 is 6.15. The Kier molecular flexibility index (Phi) is 5.47. The Morgan fingerprint density at radius 3 is 2.64 bits per heavy atom. The fourth-order valence-corrected chi connectivity index (χ4v) is 3.60. The maximum Gasteiger partial charge on any atom is 0.255 e. The van der Waals surface area contributed by atoms with Crippen molar-refractivity contribution < 1.29 is 9.53 Å². The molecule has 5 rings (SSSR count). The van der Waals surface area contributed by atoms with Crippen LogP contribution in [0, 0.1) is 6.92 Å². The third-order valence-corrected chi connectivity index (χ3v) is 5.32. The summed E-state index contributed by atoms with van der Waals surface area (Å²) in [6.45, 7) is 1.93. The average molecular weight is 432 g/mol. The number of carbonyl (C=O) groups excluding carboxylic acids is 1. The molecule has 0 aliphatic carbocycles. The van der Waals surface area contributed by atoms with E-state index >= 15 is 0 Å². The molecule has 0 fully saturated rings. The number of hydrogen-bond acceptors (Lipinski definition) is 5. The number of pyridine rings is 1. The van der Waals surface area contributed by atoms with Crippen molar-refractivity contribution >= 4 is 22.4 Å². The summed E-state index contributed by atoms with van der Waals surface area (Å²) in [5.41, 5.74) is 3.58. The predicted octanol–water partition coefficient (Wildman–Crippen LogP) is 6.04. The first-order chi connectivity index (χ1) is 16.2. The van der Waals surface area contributed by atoms with Crippen LogP contribution in [0.15, 0.2) is 97.6 Å². The monoisotopic (exact) mass is 432 g/mol. The minimum absolute atomic E-state index is 0.215. The number of carbonyl (C=O) groups is 1. The Morgan fingerprint density at radius 1 is 0.879 bits per heavy atom. The summed E-state index contributed by atoms with van der Waals surface area (Å²) in [5, 5.41) is 5.07. The Bertz CT molecular complexity index is 1450. The summed E-state index contributed by atoms with van der Waals surface area (Å²) in [4.78, 5) is 25.7. The maximum atomic E-state index is 13.1. The van der Waals surface area contributed by atoms with Gasteiger partial charge in [-0.25, -0.2) is 15.0 Å². The Morgan fingerprint density at radius 2 is 1.76 bits per heavy atom. The van der Waals surface area contributed by atoms with Crippen LogP contribution in [0.5, 0.6) is 11.6 Å². The van der Waals surface area contributed by atoms with E-state index in [2.05, 4.69) is 20.3 Å². The standard InChI is InChI=1S/C27H20N4O2/c1-18-11-12-20(26(32)31-24-10-4-7-19-6-2-3-8-21(19)24)16-25(18)33-27-22(9-5-14-29-27)23-13-15-28-17-30-23/h2-17H,1H3,(H,31,32). The number of aryl methyl sites for hydroxylation is 1. The number of nitrogens with zero attached hydrogens (tertiary/aromatic N) is 3. The lowest BCUT2D eigenvalue weighted by atomic mass is 10.1. The molecule has 0 aliphatic rings. The van der Waals surface area contributed by atoms with Gasteiger partial charge in [-0.2, -0.15) is 0 Å². The van der Waals surface area contributed by atoms with Gasteiger partial charge in [-0.15, -0.1) is 0 Å². The van der Waals surface area contributed by atoms with Gasteiger partial charge in [0.2, 0.25) is 5.88 Å². The molecular formula is C27H20N4O2. The van der Waals surface area contributed by atoms with Crippen molar-refractivity contribution in [1.82, 2.24) is 15.0 Å². The maximum absolute atomic E-state index is 13.1. The summed E-state index contributed by atoms with van der Waals surface area (Å²) in [7, 11) is 0. The number of benzene rings is 3. The van der Waals surface area contributed by atoms with E-state index in [4.69, 9.17) is 4.74 Å². The second-order valence-electron chi connectivity index (χ2n) is 7.51. The molecule has 0 aliphatic heterocycles. The molecule has 0 spiro atoms. The number of ether oxygens (including phenoxy) is 1. The minimum atomic E-state index is -0.215. The SMILES string of the molecule is Cc1ccc(C(=O)Nc2cccc3ccccc23)cc1Oc1ncccc1-c1ccncn1. The topological polar surface area (TPSA) is 77.0 Å². The van der Waals surface area contributed by atoms with Crippen molar-refractivity contribution in [3.8, 4) is 22.9 Å². The summed E-state index contributed by atoms with van der Waals surface area (Å²) in [6.07, 6.45) is 4.81. The van der Waals surface area contributed by atoms with Crippen molar-refractivity contribution in [3.63, 3.8) is 0 Å². The molecule has 1 N–H and O–H groups in total.